The standard InChI is InChI=1S/C20H24N4O2/c21-13-20(5-1-2-6-20)18(26)24-10-7-19(14-24)11-16(12-19)23-17(25)15-3-8-22-9-4-15/h3-4,8-9,16H,1-2,5-7,10-12,14H2,(H,23,25). The van der Waals surface area contributed by atoms with Crippen molar-refractivity contribution in [3.8, 4) is 6.07 Å². The monoisotopic (exact) mass is 352 g/mol. The smallest absolute Gasteiger partial charge is 0.251 e. The second kappa shape index (κ2) is 6.39. The predicted molar refractivity (Wildman–Crippen MR) is 94.9 cm³/mol. The first-order valence-corrected chi connectivity index (χ1v) is 9.47. The Labute approximate surface area is 153 Å². The van der Waals surface area contributed by atoms with Crippen LogP contribution in [0.3, 0.4) is 0 Å². The van der Waals surface area contributed by atoms with Crippen molar-refractivity contribution in [2.24, 2.45) is 10.8 Å². The number of nitriles is 1. The minimum atomic E-state index is -0.774. The molecule has 1 aliphatic heterocycles. The lowest BCUT2D eigenvalue weighted by molar-refractivity contribution is -0.138. The van der Waals surface area contributed by atoms with Crippen LogP contribution < -0.4 is 5.32 Å². The van der Waals surface area contributed by atoms with Gasteiger partial charge in [-0.25, -0.2) is 0 Å². The fourth-order valence-corrected chi connectivity index (χ4v) is 4.96. The summed E-state index contributed by atoms with van der Waals surface area (Å²) in [5.41, 5.74) is -0.0212. The number of rotatable bonds is 3. The van der Waals surface area contributed by atoms with E-state index in [-0.39, 0.29) is 23.3 Å². The van der Waals surface area contributed by atoms with Gasteiger partial charge in [-0.3, -0.25) is 14.6 Å². The van der Waals surface area contributed by atoms with Crippen LogP contribution in [0, 0.1) is 22.2 Å². The SMILES string of the molecule is N#CC1(C(=O)N2CCC3(CC(NC(=O)c4ccncc4)C3)C2)CCCC1. The largest absolute Gasteiger partial charge is 0.349 e. The lowest BCUT2D eigenvalue weighted by Gasteiger charge is -2.45. The molecule has 0 radical (unpaired) electrons. The molecule has 3 fully saturated rings. The molecule has 0 atom stereocenters. The highest BCUT2D eigenvalue weighted by molar-refractivity contribution is 5.94. The van der Waals surface area contributed by atoms with Gasteiger partial charge >= 0.3 is 0 Å². The summed E-state index contributed by atoms with van der Waals surface area (Å²) in [4.78, 5) is 31.0. The van der Waals surface area contributed by atoms with Crippen LogP contribution in [0.1, 0.15) is 55.3 Å². The van der Waals surface area contributed by atoms with Crippen molar-refractivity contribution in [1.82, 2.24) is 15.2 Å². The average Bonchev–Trinajstić information content (AvgIpc) is 3.29. The summed E-state index contributed by atoms with van der Waals surface area (Å²) >= 11 is 0. The summed E-state index contributed by atoms with van der Waals surface area (Å²) in [7, 11) is 0. The summed E-state index contributed by atoms with van der Waals surface area (Å²) in [6.45, 7) is 1.48. The van der Waals surface area contributed by atoms with Crippen molar-refractivity contribution in [1.29, 1.82) is 5.26 Å². The molecule has 1 saturated heterocycles. The first-order chi connectivity index (χ1) is 12.6. The number of likely N-dealkylation sites (tertiary alicyclic amines) is 1. The van der Waals surface area contributed by atoms with Gasteiger partial charge in [-0.15, -0.1) is 0 Å². The van der Waals surface area contributed by atoms with Gasteiger partial charge in [0.05, 0.1) is 6.07 Å². The number of hydrogen-bond acceptors (Lipinski definition) is 4. The number of hydrogen-bond donors (Lipinski definition) is 1. The third-order valence-corrected chi connectivity index (χ3v) is 6.44. The molecule has 1 aromatic rings. The normalized spacial score (nSPS) is 29.2. The molecule has 6 nitrogen and oxygen atoms in total. The Hall–Kier alpha value is -2.42. The van der Waals surface area contributed by atoms with E-state index in [9.17, 15) is 14.9 Å². The van der Waals surface area contributed by atoms with Crippen LogP contribution in [0.5, 0.6) is 0 Å². The summed E-state index contributed by atoms with van der Waals surface area (Å²) < 4.78 is 0. The zero-order valence-electron chi connectivity index (χ0n) is 14.9. The quantitative estimate of drug-likeness (QED) is 0.904. The molecule has 2 amide bonds. The molecule has 0 unspecified atom stereocenters. The molecular weight excluding hydrogens is 328 g/mol. The molecule has 2 saturated carbocycles. The highest BCUT2D eigenvalue weighted by Gasteiger charge is 2.53. The van der Waals surface area contributed by atoms with Crippen LogP contribution in [0.4, 0.5) is 0 Å². The summed E-state index contributed by atoms with van der Waals surface area (Å²) in [5.74, 6) is -0.0220. The number of nitrogens with one attached hydrogen (secondary N) is 1. The van der Waals surface area contributed by atoms with Crippen LogP contribution in [-0.2, 0) is 4.79 Å². The van der Waals surface area contributed by atoms with E-state index in [1.165, 1.54) is 0 Å². The van der Waals surface area contributed by atoms with Crippen LogP contribution in [0.15, 0.2) is 24.5 Å². The Morgan fingerprint density at radius 2 is 1.88 bits per heavy atom. The van der Waals surface area contributed by atoms with Crippen LogP contribution >= 0.6 is 0 Å². The fourth-order valence-electron chi connectivity index (χ4n) is 4.96. The maximum Gasteiger partial charge on any atom is 0.251 e. The second-order valence-corrected chi connectivity index (χ2v) is 8.19. The van der Waals surface area contributed by atoms with Crippen molar-refractivity contribution >= 4 is 11.8 Å². The zero-order valence-corrected chi connectivity index (χ0v) is 14.9. The molecule has 1 N–H and O–H groups in total. The van der Waals surface area contributed by atoms with Gasteiger partial charge in [-0.1, -0.05) is 12.8 Å². The third kappa shape index (κ3) is 2.86. The minimum Gasteiger partial charge on any atom is -0.349 e. The Bertz CT molecular complexity index is 743. The van der Waals surface area contributed by atoms with E-state index in [1.54, 1.807) is 24.5 Å². The summed E-state index contributed by atoms with van der Waals surface area (Å²) in [5, 5.41) is 12.6. The van der Waals surface area contributed by atoms with Gasteiger partial charge in [0.15, 0.2) is 0 Å². The predicted octanol–water partition coefficient (Wildman–Crippen LogP) is 2.28. The van der Waals surface area contributed by atoms with Gasteiger partial charge < -0.3 is 10.2 Å². The van der Waals surface area contributed by atoms with Gasteiger partial charge in [-0.2, -0.15) is 5.26 Å². The van der Waals surface area contributed by atoms with Gasteiger partial charge in [0, 0.05) is 37.1 Å². The molecule has 6 heteroatoms. The molecule has 4 rings (SSSR count). The van der Waals surface area contributed by atoms with Crippen molar-refractivity contribution in [2.45, 2.75) is 51.0 Å². The van der Waals surface area contributed by atoms with Gasteiger partial charge in [-0.05, 0) is 49.7 Å². The number of nitrogens with zero attached hydrogens (tertiary/aromatic N) is 3. The van der Waals surface area contributed by atoms with E-state index >= 15 is 0 Å². The first-order valence-electron chi connectivity index (χ1n) is 9.47. The minimum absolute atomic E-state index is 0.0404. The van der Waals surface area contributed by atoms with E-state index < -0.39 is 5.41 Å². The van der Waals surface area contributed by atoms with E-state index in [4.69, 9.17) is 0 Å². The maximum atomic E-state index is 12.9. The van der Waals surface area contributed by atoms with Gasteiger partial charge in [0.2, 0.25) is 5.91 Å². The zero-order chi connectivity index (χ0) is 18.2. The van der Waals surface area contributed by atoms with Gasteiger partial charge in [0.1, 0.15) is 5.41 Å². The second-order valence-electron chi connectivity index (χ2n) is 8.19. The number of aromatic nitrogens is 1. The van der Waals surface area contributed by atoms with E-state index in [0.717, 1.165) is 45.2 Å². The third-order valence-electron chi connectivity index (χ3n) is 6.44. The Kier molecular flexibility index (Phi) is 4.18. The number of pyridine rings is 1. The van der Waals surface area contributed by atoms with Crippen molar-refractivity contribution < 1.29 is 9.59 Å². The topological polar surface area (TPSA) is 86.1 Å². The van der Waals surface area contributed by atoms with Crippen LogP contribution in [0.2, 0.25) is 0 Å². The molecule has 1 aromatic heterocycles. The average molecular weight is 352 g/mol. The molecule has 1 spiro atoms. The van der Waals surface area contributed by atoms with Crippen molar-refractivity contribution in [3.63, 3.8) is 0 Å². The lowest BCUT2D eigenvalue weighted by atomic mass is 9.65. The fraction of sp³-hybridized carbons (Fsp3) is 0.600. The lowest BCUT2D eigenvalue weighted by Crippen LogP contribution is -2.52. The first kappa shape index (κ1) is 17.0. The maximum absolute atomic E-state index is 12.9. The number of amides is 2. The number of carbonyl (C=O) groups is 2. The molecule has 0 bridgehead atoms. The summed E-state index contributed by atoms with van der Waals surface area (Å²) in [6.07, 6.45) is 9.38. The Balaban J connectivity index is 1.32. The highest BCUT2D eigenvalue weighted by Crippen LogP contribution is 2.50. The Morgan fingerprint density at radius 1 is 1.19 bits per heavy atom. The van der Waals surface area contributed by atoms with Crippen LogP contribution in [-0.4, -0.2) is 40.8 Å². The van der Waals surface area contributed by atoms with E-state index in [0.29, 0.717) is 18.4 Å². The molecule has 2 aliphatic carbocycles. The van der Waals surface area contributed by atoms with Crippen LogP contribution in [0.25, 0.3) is 0 Å². The van der Waals surface area contributed by atoms with Crippen molar-refractivity contribution in [3.05, 3.63) is 30.1 Å². The molecular formula is C20H24N4O2. The number of carbonyl (C=O) groups excluding carboxylic acids is 2. The molecule has 136 valence electrons. The van der Waals surface area contributed by atoms with E-state index in [1.807, 2.05) is 4.90 Å². The van der Waals surface area contributed by atoms with Gasteiger partial charge in [0.25, 0.3) is 5.91 Å². The Morgan fingerprint density at radius 3 is 2.54 bits per heavy atom. The van der Waals surface area contributed by atoms with Crippen molar-refractivity contribution in [2.75, 3.05) is 13.1 Å². The molecule has 26 heavy (non-hydrogen) atoms. The highest BCUT2D eigenvalue weighted by atomic mass is 16.2. The summed E-state index contributed by atoms with van der Waals surface area (Å²) in [6, 6.07) is 5.91. The van der Waals surface area contributed by atoms with E-state index in [2.05, 4.69) is 16.4 Å². The molecule has 2 heterocycles. The molecule has 3 aliphatic rings. The molecule has 0 aromatic carbocycles.